The Morgan fingerprint density at radius 3 is 1.07 bits per heavy atom. The van der Waals surface area contributed by atoms with Gasteiger partial charge >= 0.3 is 0 Å². The lowest BCUT2D eigenvalue weighted by Gasteiger charge is -2.29. The van der Waals surface area contributed by atoms with E-state index in [9.17, 15) is 19.4 Å². The molecule has 0 aromatic carbocycles. The summed E-state index contributed by atoms with van der Waals surface area (Å²) in [5.74, 6) is -0.208. The van der Waals surface area contributed by atoms with Crippen LogP contribution in [0.3, 0.4) is 0 Å². The fourth-order valence-corrected chi connectivity index (χ4v) is 11.5. The zero-order valence-electron chi connectivity index (χ0n) is 58.0. The summed E-state index contributed by atoms with van der Waals surface area (Å²) in [4.78, 5) is 25.7. The second kappa shape index (κ2) is 67.8. The standard InChI is InChI=1S/C78H143N2O6P/c1-6-8-10-12-14-16-18-20-22-24-26-28-30-32-34-36-37-38-39-40-41-42-43-44-46-48-50-52-54-56-58-60-62-64-66-68-70-72-78(82)79-76(75-86-87(83,84)85-74-73-80(3,4)5)77(81)71-69-67-65-63-61-59-57-55-53-51-49-47-45-35-33-31-29-27-25-23-21-19-17-15-13-11-9-7-2/h8,10,14,16,20,22,26,28,32,34,53,55,61,63,69,71,76-77,81H,6-7,9,11-13,15,17-19,21,23-25,27,29-31,33,35-52,54,56-60,62,64-68,70,72-75H2,1-5H3,(H-,79,82,83,84)/b10-8-,16-14-,22-20-,28-26-,34-32-,55-53+,63-61+,71-69+. The van der Waals surface area contributed by atoms with Crippen LogP contribution in [0.1, 0.15) is 341 Å². The summed E-state index contributed by atoms with van der Waals surface area (Å²) in [7, 11) is 1.24. The van der Waals surface area contributed by atoms with Gasteiger partial charge in [0.15, 0.2) is 0 Å². The number of allylic oxidation sites excluding steroid dienone is 15. The Morgan fingerprint density at radius 1 is 0.414 bits per heavy atom. The van der Waals surface area contributed by atoms with Crippen molar-refractivity contribution in [3.63, 3.8) is 0 Å². The van der Waals surface area contributed by atoms with Crippen LogP contribution in [0.15, 0.2) is 97.2 Å². The first-order chi connectivity index (χ1) is 42.5. The summed E-state index contributed by atoms with van der Waals surface area (Å²) in [6, 6.07) is -0.915. The van der Waals surface area contributed by atoms with E-state index in [-0.39, 0.29) is 12.5 Å². The smallest absolute Gasteiger partial charge is 0.268 e. The first-order valence-corrected chi connectivity index (χ1v) is 38.6. The largest absolute Gasteiger partial charge is 0.756 e. The molecular weight excluding hydrogens is 1090 g/mol. The lowest BCUT2D eigenvalue weighted by Crippen LogP contribution is -2.45. The molecule has 0 aromatic rings. The van der Waals surface area contributed by atoms with Crippen molar-refractivity contribution in [2.45, 2.75) is 353 Å². The molecule has 1 amide bonds. The first kappa shape index (κ1) is 84.4. The van der Waals surface area contributed by atoms with Gasteiger partial charge in [0.25, 0.3) is 7.82 Å². The topological polar surface area (TPSA) is 108 Å². The van der Waals surface area contributed by atoms with Crippen LogP contribution in [0.4, 0.5) is 0 Å². The van der Waals surface area contributed by atoms with Gasteiger partial charge in [-0.2, -0.15) is 0 Å². The minimum atomic E-state index is -4.62. The van der Waals surface area contributed by atoms with E-state index in [1.54, 1.807) is 6.08 Å². The molecule has 3 unspecified atom stereocenters. The highest BCUT2D eigenvalue weighted by molar-refractivity contribution is 7.45. The van der Waals surface area contributed by atoms with Crippen LogP contribution in [0.2, 0.25) is 0 Å². The summed E-state index contributed by atoms with van der Waals surface area (Å²) >= 11 is 0. The molecule has 0 saturated heterocycles. The van der Waals surface area contributed by atoms with Crippen LogP contribution in [0.25, 0.3) is 0 Å². The van der Waals surface area contributed by atoms with E-state index in [0.29, 0.717) is 17.4 Å². The number of quaternary nitrogens is 1. The van der Waals surface area contributed by atoms with Gasteiger partial charge < -0.3 is 28.8 Å². The van der Waals surface area contributed by atoms with Gasteiger partial charge in [0, 0.05) is 6.42 Å². The maximum atomic E-state index is 13.1. The molecule has 0 saturated carbocycles. The van der Waals surface area contributed by atoms with Gasteiger partial charge in [0.05, 0.1) is 39.9 Å². The number of phosphoric ester groups is 1. The van der Waals surface area contributed by atoms with E-state index in [1.165, 1.54) is 244 Å². The average Bonchev–Trinajstić information content (AvgIpc) is 3.70. The van der Waals surface area contributed by atoms with Gasteiger partial charge in [-0.3, -0.25) is 9.36 Å². The molecule has 0 radical (unpaired) electrons. The molecule has 0 spiro atoms. The number of hydrogen-bond acceptors (Lipinski definition) is 6. The number of carbonyl (C=O) groups is 1. The van der Waals surface area contributed by atoms with Crippen molar-refractivity contribution < 1.29 is 32.9 Å². The number of amides is 1. The fourth-order valence-electron chi connectivity index (χ4n) is 10.8. The SMILES string of the molecule is CC/C=C\C/C=C\C/C=C\C/C=C\C/C=C\CCCCCCCCCCCCCCCCCCCCCCCC(=O)NC(COP(=O)([O-])OCC[N+](C)(C)C)C(O)/C=C/CC/C=C/CC/C=C/CCCCCCCCCCCCCCCCCCCC. The summed E-state index contributed by atoms with van der Waals surface area (Å²) in [5, 5.41) is 14.0. The number of hydrogen-bond donors (Lipinski definition) is 2. The van der Waals surface area contributed by atoms with Crippen molar-refractivity contribution in [3.05, 3.63) is 97.2 Å². The molecule has 0 fully saturated rings. The Bertz CT molecular complexity index is 1740. The van der Waals surface area contributed by atoms with Gasteiger partial charge in [0.2, 0.25) is 5.91 Å². The highest BCUT2D eigenvalue weighted by atomic mass is 31.2. The summed E-state index contributed by atoms with van der Waals surface area (Å²) < 4.78 is 23.5. The van der Waals surface area contributed by atoms with Crippen LogP contribution in [0, 0.1) is 0 Å². The van der Waals surface area contributed by atoms with Crippen molar-refractivity contribution in [1.29, 1.82) is 0 Å². The number of rotatable bonds is 68. The summed E-state index contributed by atoms with van der Waals surface area (Å²) in [6.45, 7) is 4.54. The molecule has 0 aliphatic carbocycles. The molecule has 8 nitrogen and oxygen atoms in total. The molecule has 0 heterocycles. The Hall–Kier alpha value is -2.58. The minimum Gasteiger partial charge on any atom is -0.756 e. The van der Waals surface area contributed by atoms with Crippen LogP contribution >= 0.6 is 7.82 Å². The number of nitrogens with zero attached hydrogens (tertiary/aromatic N) is 1. The molecule has 0 aliphatic rings. The van der Waals surface area contributed by atoms with Crippen molar-refractivity contribution in [2.24, 2.45) is 0 Å². The van der Waals surface area contributed by atoms with Gasteiger partial charge in [0.1, 0.15) is 13.2 Å². The van der Waals surface area contributed by atoms with E-state index in [2.05, 4.69) is 104 Å². The molecule has 0 rings (SSSR count). The molecule has 0 aliphatic heterocycles. The molecule has 2 N–H and O–H groups in total. The quantitative estimate of drug-likeness (QED) is 0.0272. The third-order valence-corrected chi connectivity index (χ3v) is 17.5. The average molecular weight is 1240 g/mol. The van der Waals surface area contributed by atoms with E-state index in [0.717, 1.165) is 77.0 Å². The zero-order valence-corrected chi connectivity index (χ0v) is 58.9. The fraction of sp³-hybridized carbons (Fsp3) is 0.782. The lowest BCUT2D eigenvalue weighted by molar-refractivity contribution is -0.870. The predicted octanol–water partition coefficient (Wildman–Crippen LogP) is 23.4. The lowest BCUT2D eigenvalue weighted by atomic mass is 10.0. The van der Waals surface area contributed by atoms with E-state index >= 15 is 0 Å². The Kier molecular flexibility index (Phi) is 65.8. The Labute approximate surface area is 540 Å². The predicted molar refractivity (Wildman–Crippen MR) is 380 cm³/mol. The molecule has 9 heteroatoms. The maximum absolute atomic E-state index is 13.1. The Morgan fingerprint density at radius 2 is 0.713 bits per heavy atom. The van der Waals surface area contributed by atoms with Crippen molar-refractivity contribution in [2.75, 3.05) is 40.9 Å². The van der Waals surface area contributed by atoms with Crippen LogP contribution in [-0.4, -0.2) is 68.5 Å². The highest BCUT2D eigenvalue weighted by Gasteiger charge is 2.23. The second-order valence-electron chi connectivity index (χ2n) is 26.3. The van der Waals surface area contributed by atoms with Crippen LogP contribution in [0.5, 0.6) is 0 Å². The summed E-state index contributed by atoms with van der Waals surface area (Å²) in [6.07, 6.45) is 98.4. The van der Waals surface area contributed by atoms with Gasteiger partial charge in [-0.25, -0.2) is 0 Å². The number of nitrogens with one attached hydrogen (secondary N) is 1. The molecule has 506 valence electrons. The second-order valence-corrected chi connectivity index (χ2v) is 27.7. The van der Waals surface area contributed by atoms with E-state index in [1.807, 2.05) is 27.2 Å². The van der Waals surface area contributed by atoms with Crippen LogP contribution < -0.4 is 10.2 Å². The number of aliphatic hydroxyl groups excluding tert-OH is 1. The molecular formula is C78H143N2O6P. The third-order valence-electron chi connectivity index (χ3n) is 16.5. The van der Waals surface area contributed by atoms with E-state index < -0.39 is 26.6 Å². The van der Waals surface area contributed by atoms with Crippen LogP contribution in [-0.2, 0) is 18.4 Å². The van der Waals surface area contributed by atoms with Gasteiger partial charge in [-0.05, 0) is 89.9 Å². The third kappa shape index (κ3) is 70.7. The van der Waals surface area contributed by atoms with Gasteiger partial charge in [-0.1, -0.05) is 342 Å². The molecule has 3 atom stereocenters. The zero-order chi connectivity index (χ0) is 63.4. The molecule has 0 aromatic heterocycles. The molecule has 87 heavy (non-hydrogen) atoms. The number of phosphoric acid groups is 1. The van der Waals surface area contributed by atoms with Crippen molar-refractivity contribution >= 4 is 13.7 Å². The van der Waals surface area contributed by atoms with Gasteiger partial charge in [-0.15, -0.1) is 0 Å². The number of likely N-dealkylation sites (N-methyl/N-ethyl adjacent to an activating group) is 1. The highest BCUT2D eigenvalue weighted by Crippen LogP contribution is 2.38. The Balaban J connectivity index is 4.06. The maximum Gasteiger partial charge on any atom is 0.268 e. The van der Waals surface area contributed by atoms with E-state index in [4.69, 9.17) is 9.05 Å². The van der Waals surface area contributed by atoms with Crippen molar-refractivity contribution in [3.8, 4) is 0 Å². The number of aliphatic hydroxyl groups is 1. The molecule has 0 bridgehead atoms. The number of carbonyl (C=O) groups excluding carboxylic acids is 1. The first-order valence-electron chi connectivity index (χ1n) is 37.1. The monoisotopic (exact) mass is 1240 g/mol. The normalized spacial score (nSPS) is 14.1. The number of unbranched alkanes of at least 4 members (excludes halogenated alkanes) is 41. The minimum absolute atomic E-state index is 0.0105. The summed E-state index contributed by atoms with van der Waals surface area (Å²) in [5.41, 5.74) is 0. The van der Waals surface area contributed by atoms with Crippen molar-refractivity contribution in [1.82, 2.24) is 5.32 Å².